The number of hydrogen-bond donors (Lipinski definition) is 0. The molecule has 1 heterocycles. The fourth-order valence-electron chi connectivity index (χ4n) is 2.90. The Morgan fingerprint density at radius 2 is 1.87 bits per heavy atom. The van der Waals surface area contributed by atoms with Gasteiger partial charge in [0.1, 0.15) is 0 Å². The summed E-state index contributed by atoms with van der Waals surface area (Å²) in [4.78, 5) is 22.9. The Kier molecular flexibility index (Phi) is 9.91. The van der Waals surface area contributed by atoms with Crippen molar-refractivity contribution in [2.24, 2.45) is 0 Å². The first-order valence-electron chi connectivity index (χ1n) is 9.63. The second-order valence-electron chi connectivity index (χ2n) is 7.22. The third kappa shape index (κ3) is 7.13. The molecule has 0 atom stereocenters. The molecule has 4 nitrogen and oxygen atoms in total. The van der Waals surface area contributed by atoms with Crippen LogP contribution in [0, 0.1) is 6.92 Å². The van der Waals surface area contributed by atoms with E-state index >= 15 is 0 Å². The van der Waals surface area contributed by atoms with Gasteiger partial charge in [-0.15, -0.1) is 24.2 Å². The van der Waals surface area contributed by atoms with E-state index in [9.17, 15) is 4.79 Å². The van der Waals surface area contributed by atoms with E-state index in [0.717, 1.165) is 34.1 Å². The van der Waals surface area contributed by atoms with Crippen LogP contribution in [0.25, 0.3) is 10.2 Å². The number of thioether (sulfide) groups is 1. The molecule has 3 rings (SSSR count). The second kappa shape index (κ2) is 11.9. The molecule has 0 N–H and O–H groups in total. The fraction of sp³-hybridized carbons (Fsp3) is 0.364. The van der Waals surface area contributed by atoms with Crippen LogP contribution in [-0.4, -0.2) is 48.7 Å². The Bertz CT molecular complexity index is 961. The fourth-order valence-corrected chi connectivity index (χ4v) is 5.03. The van der Waals surface area contributed by atoms with Crippen molar-refractivity contribution >= 4 is 68.4 Å². The number of carbonyl (C=O) groups excluding carboxylic acids is 1. The number of thiazole rings is 1. The van der Waals surface area contributed by atoms with Crippen molar-refractivity contribution in [2.45, 2.75) is 24.7 Å². The van der Waals surface area contributed by atoms with Crippen molar-refractivity contribution < 1.29 is 4.79 Å². The van der Waals surface area contributed by atoms with Crippen molar-refractivity contribution in [1.29, 1.82) is 0 Å². The molecule has 30 heavy (non-hydrogen) atoms. The van der Waals surface area contributed by atoms with Crippen LogP contribution in [0.1, 0.15) is 18.4 Å². The van der Waals surface area contributed by atoms with Gasteiger partial charge in [-0.1, -0.05) is 40.6 Å². The quantitative estimate of drug-likeness (QED) is 0.342. The average Bonchev–Trinajstić information content (AvgIpc) is 3.09. The summed E-state index contributed by atoms with van der Waals surface area (Å²) in [7, 11) is 4.09. The zero-order valence-electron chi connectivity index (χ0n) is 17.4. The number of amides is 1. The van der Waals surface area contributed by atoms with Crippen molar-refractivity contribution in [2.75, 3.05) is 37.8 Å². The highest BCUT2D eigenvalue weighted by atomic mass is 35.5. The SMILES string of the molecule is Cc1ccc(SCCC(=O)N(CCCN(C)C)c2nc3ccc(Cl)cc3s2)cc1.Cl. The molecule has 0 radical (unpaired) electrons. The standard InChI is InChI=1S/C22H26ClN3OS2.ClH/c1-16-5-8-18(9-6-16)28-14-11-21(27)26(13-4-12-25(2)3)22-24-19-10-7-17(23)15-20(19)29-22;/h5-10,15H,4,11-14H2,1-3H3;1H. The first kappa shape index (κ1) is 25.0. The van der Waals surface area contributed by atoms with Crippen LogP contribution >= 0.6 is 47.1 Å². The van der Waals surface area contributed by atoms with E-state index in [1.165, 1.54) is 21.8 Å². The molecule has 0 spiro atoms. The minimum Gasteiger partial charge on any atom is -0.309 e. The number of anilines is 1. The Labute approximate surface area is 198 Å². The molecule has 0 saturated heterocycles. The molecule has 0 aliphatic heterocycles. The minimum atomic E-state index is 0. The first-order chi connectivity index (χ1) is 13.9. The molecule has 162 valence electrons. The molecular weight excluding hydrogens is 457 g/mol. The normalized spacial score (nSPS) is 11.0. The predicted octanol–water partition coefficient (Wildman–Crippen LogP) is 6.15. The minimum absolute atomic E-state index is 0. The lowest BCUT2D eigenvalue weighted by Crippen LogP contribution is -2.33. The number of halogens is 2. The maximum absolute atomic E-state index is 13.0. The monoisotopic (exact) mass is 483 g/mol. The van der Waals surface area contributed by atoms with Gasteiger partial charge in [-0.2, -0.15) is 0 Å². The number of rotatable bonds is 9. The number of carbonyl (C=O) groups is 1. The van der Waals surface area contributed by atoms with Gasteiger partial charge in [0.25, 0.3) is 0 Å². The molecule has 0 aliphatic rings. The number of aryl methyl sites for hydroxylation is 1. The Morgan fingerprint density at radius 1 is 1.13 bits per heavy atom. The van der Waals surface area contributed by atoms with Crippen LogP contribution in [0.5, 0.6) is 0 Å². The van der Waals surface area contributed by atoms with Crippen molar-refractivity contribution in [3.8, 4) is 0 Å². The summed E-state index contributed by atoms with van der Waals surface area (Å²) < 4.78 is 1.01. The third-order valence-electron chi connectivity index (χ3n) is 4.46. The molecule has 0 bridgehead atoms. The van der Waals surface area contributed by atoms with E-state index in [1.807, 2.05) is 37.2 Å². The van der Waals surface area contributed by atoms with E-state index in [2.05, 4.69) is 36.1 Å². The molecular formula is C22H27Cl2N3OS2. The van der Waals surface area contributed by atoms with Crippen LogP contribution in [0.15, 0.2) is 47.4 Å². The molecule has 0 aliphatic carbocycles. The lowest BCUT2D eigenvalue weighted by Gasteiger charge is -2.21. The Hall–Kier alpha value is -1.31. The summed E-state index contributed by atoms with van der Waals surface area (Å²) in [5.74, 6) is 0.872. The molecule has 2 aromatic carbocycles. The molecule has 1 aromatic heterocycles. The third-order valence-corrected chi connectivity index (χ3v) is 6.75. The van der Waals surface area contributed by atoms with Gasteiger partial charge in [-0.25, -0.2) is 4.98 Å². The van der Waals surface area contributed by atoms with E-state index < -0.39 is 0 Å². The molecule has 0 saturated carbocycles. The van der Waals surface area contributed by atoms with E-state index in [0.29, 0.717) is 18.0 Å². The van der Waals surface area contributed by atoms with Gasteiger partial charge in [0.05, 0.1) is 10.2 Å². The Morgan fingerprint density at radius 3 is 2.57 bits per heavy atom. The summed E-state index contributed by atoms with van der Waals surface area (Å²) >= 11 is 9.36. The number of hydrogen-bond acceptors (Lipinski definition) is 5. The van der Waals surface area contributed by atoms with E-state index in [1.54, 1.807) is 11.8 Å². The lowest BCUT2D eigenvalue weighted by molar-refractivity contribution is -0.118. The molecule has 0 unspecified atom stereocenters. The molecule has 0 fully saturated rings. The highest BCUT2D eigenvalue weighted by molar-refractivity contribution is 7.99. The highest BCUT2D eigenvalue weighted by Gasteiger charge is 2.19. The van der Waals surface area contributed by atoms with Gasteiger partial charge >= 0.3 is 0 Å². The van der Waals surface area contributed by atoms with Crippen molar-refractivity contribution in [3.63, 3.8) is 0 Å². The average molecular weight is 485 g/mol. The van der Waals surface area contributed by atoms with Gasteiger partial charge in [-0.3, -0.25) is 9.69 Å². The van der Waals surface area contributed by atoms with Crippen molar-refractivity contribution in [1.82, 2.24) is 9.88 Å². The maximum atomic E-state index is 13.0. The Balaban J connectivity index is 0.00000320. The summed E-state index contributed by atoms with van der Waals surface area (Å²) in [6.45, 7) is 3.67. The number of fused-ring (bicyclic) bond motifs is 1. The smallest absolute Gasteiger partial charge is 0.229 e. The van der Waals surface area contributed by atoms with E-state index in [4.69, 9.17) is 16.6 Å². The van der Waals surface area contributed by atoms with Crippen LogP contribution in [0.4, 0.5) is 5.13 Å². The second-order valence-corrected chi connectivity index (χ2v) is 9.84. The predicted molar refractivity (Wildman–Crippen MR) is 134 cm³/mol. The summed E-state index contributed by atoms with van der Waals surface area (Å²) in [5.41, 5.74) is 2.13. The van der Waals surface area contributed by atoms with Gasteiger partial charge in [-0.05, 0) is 64.3 Å². The molecule has 3 aromatic rings. The van der Waals surface area contributed by atoms with E-state index in [-0.39, 0.29) is 18.3 Å². The summed E-state index contributed by atoms with van der Waals surface area (Å²) in [6, 6.07) is 14.1. The number of nitrogens with zero attached hydrogens (tertiary/aromatic N) is 3. The molecule has 8 heteroatoms. The van der Waals surface area contributed by atoms with Gasteiger partial charge in [0, 0.05) is 28.6 Å². The highest BCUT2D eigenvalue weighted by Crippen LogP contribution is 2.31. The van der Waals surface area contributed by atoms with Crippen LogP contribution in [0.2, 0.25) is 5.02 Å². The van der Waals surface area contributed by atoms with Gasteiger partial charge in [0.2, 0.25) is 5.91 Å². The summed E-state index contributed by atoms with van der Waals surface area (Å²) in [5, 5.41) is 1.44. The zero-order valence-corrected chi connectivity index (χ0v) is 20.6. The number of benzene rings is 2. The van der Waals surface area contributed by atoms with Crippen LogP contribution in [0.3, 0.4) is 0 Å². The maximum Gasteiger partial charge on any atom is 0.229 e. The van der Waals surface area contributed by atoms with Gasteiger partial charge < -0.3 is 4.90 Å². The van der Waals surface area contributed by atoms with Crippen molar-refractivity contribution in [3.05, 3.63) is 53.1 Å². The number of aromatic nitrogens is 1. The molecule has 1 amide bonds. The first-order valence-corrected chi connectivity index (χ1v) is 11.8. The largest absolute Gasteiger partial charge is 0.309 e. The van der Waals surface area contributed by atoms with Crippen LogP contribution in [-0.2, 0) is 4.79 Å². The zero-order chi connectivity index (χ0) is 20.8. The van der Waals surface area contributed by atoms with Gasteiger partial charge in [0.15, 0.2) is 5.13 Å². The summed E-state index contributed by atoms with van der Waals surface area (Å²) in [6.07, 6.45) is 1.39. The van der Waals surface area contributed by atoms with Crippen LogP contribution < -0.4 is 4.90 Å². The lowest BCUT2D eigenvalue weighted by atomic mass is 10.2. The topological polar surface area (TPSA) is 36.4 Å².